The van der Waals surface area contributed by atoms with Crippen LogP contribution < -0.4 is 4.90 Å². The van der Waals surface area contributed by atoms with Crippen molar-refractivity contribution in [1.29, 1.82) is 0 Å². The van der Waals surface area contributed by atoms with E-state index in [4.69, 9.17) is 28.6 Å². The van der Waals surface area contributed by atoms with E-state index in [1.54, 1.807) is 37.3 Å². The zero-order valence-electron chi connectivity index (χ0n) is 21.0. The molecule has 0 aliphatic carbocycles. The quantitative estimate of drug-likeness (QED) is 0.221. The molecule has 0 spiro atoms. The van der Waals surface area contributed by atoms with Crippen LogP contribution in [0.5, 0.6) is 0 Å². The Balaban J connectivity index is 1.85. The van der Waals surface area contributed by atoms with E-state index in [9.17, 15) is 35.9 Å². The lowest BCUT2D eigenvalue weighted by atomic mass is 9.76. The molecule has 0 fully saturated rings. The van der Waals surface area contributed by atoms with E-state index in [1.165, 1.54) is 0 Å². The molecule has 0 bridgehead atoms. The minimum atomic E-state index is -4.73. The van der Waals surface area contributed by atoms with Gasteiger partial charge in [0.2, 0.25) is 0 Å². The Morgan fingerprint density at radius 2 is 1.56 bits per heavy atom. The molecule has 1 heterocycles. The molecule has 14 heteroatoms. The zero-order valence-corrected chi connectivity index (χ0v) is 22.6. The van der Waals surface area contributed by atoms with Crippen molar-refractivity contribution in [3.05, 3.63) is 100 Å². The summed E-state index contributed by atoms with van der Waals surface area (Å²) in [5.41, 5.74) is -3.13. The van der Waals surface area contributed by atoms with Gasteiger partial charge in [0.1, 0.15) is 4.99 Å². The number of ether oxygens (including phenoxy) is 1. The van der Waals surface area contributed by atoms with Gasteiger partial charge >= 0.3 is 24.5 Å². The molecule has 0 aromatic heterocycles. The van der Waals surface area contributed by atoms with Crippen LogP contribution in [0.2, 0.25) is 5.02 Å². The van der Waals surface area contributed by atoms with Crippen LogP contribution in [0.15, 0.2) is 77.9 Å². The third-order valence-corrected chi connectivity index (χ3v) is 7.27. The van der Waals surface area contributed by atoms with Crippen LogP contribution in [0.1, 0.15) is 29.2 Å². The van der Waals surface area contributed by atoms with E-state index in [-0.39, 0.29) is 22.0 Å². The molecule has 3 aromatic carbocycles. The summed E-state index contributed by atoms with van der Waals surface area (Å²) in [6.07, 6.45) is -10.6. The maximum absolute atomic E-state index is 13.7. The number of hydrogen-bond acceptors (Lipinski definition) is 5. The van der Waals surface area contributed by atoms with Crippen molar-refractivity contribution in [3.8, 4) is 0 Å². The number of carbonyl (C=O) groups is 2. The summed E-state index contributed by atoms with van der Waals surface area (Å²) in [7, 11) is 0.960. The number of hydrogen-bond donors (Lipinski definition) is 0. The number of anilines is 1. The number of carbonyl (C=O) groups excluding carboxylic acids is 2. The average molecular weight is 614 g/mol. The Hall–Kier alpha value is -3.97. The predicted octanol–water partition coefficient (Wildman–Crippen LogP) is 8.08. The van der Waals surface area contributed by atoms with E-state index >= 15 is 0 Å². The summed E-state index contributed by atoms with van der Waals surface area (Å²) >= 11 is 11.6. The second kappa shape index (κ2) is 10.8. The molecule has 1 aliphatic rings. The molecule has 0 saturated carbocycles. The van der Waals surface area contributed by atoms with Crippen LogP contribution >= 0.6 is 23.8 Å². The third kappa shape index (κ3) is 5.51. The van der Waals surface area contributed by atoms with Gasteiger partial charge in [-0.3, -0.25) is 0 Å². The third-order valence-electron chi connectivity index (χ3n) is 6.38. The van der Waals surface area contributed by atoms with Crippen LogP contribution in [0, 0.1) is 0 Å². The highest BCUT2D eigenvalue weighted by Gasteiger charge is 2.50. The number of alkyl halides is 6. The van der Waals surface area contributed by atoms with Gasteiger partial charge in [0, 0.05) is 5.56 Å². The lowest BCUT2D eigenvalue weighted by molar-refractivity contribution is -0.138. The SMILES string of the molecule is COC(=O)N(C(=O)N1N=C(c2ccc(C(F)(F)F)c(Cl)c2)C(C)(c2ccccc2)C1=S)c1ccc(C(F)(F)F)cc1. The summed E-state index contributed by atoms with van der Waals surface area (Å²) in [4.78, 5) is 26.7. The monoisotopic (exact) mass is 613 g/mol. The summed E-state index contributed by atoms with van der Waals surface area (Å²) < 4.78 is 84.0. The normalized spacial score (nSPS) is 17.3. The zero-order chi connectivity index (χ0) is 30.3. The van der Waals surface area contributed by atoms with Crippen molar-refractivity contribution >= 4 is 52.3 Å². The molecule has 214 valence electrons. The van der Waals surface area contributed by atoms with Gasteiger partial charge in [-0.25, -0.2) is 9.59 Å². The van der Waals surface area contributed by atoms with Crippen LogP contribution in [-0.2, 0) is 22.5 Å². The largest absolute Gasteiger partial charge is 0.452 e. The fraction of sp³-hybridized carbons (Fsp3) is 0.185. The first kappa shape index (κ1) is 30.0. The first-order valence-corrected chi connectivity index (χ1v) is 12.3. The molecule has 41 heavy (non-hydrogen) atoms. The Kier molecular flexibility index (Phi) is 7.89. The molecule has 3 aromatic rings. The minimum absolute atomic E-state index is 0.0370. The van der Waals surface area contributed by atoms with Gasteiger partial charge in [0.25, 0.3) is 0 Å². The van der Waals surface area contributed by atoms with Gasteiger partial charge in [-0.2, -0.15) is 41.4 Å². The molecule has 0 saturated heterocycles. The van der Waals surface area contributed by atoms with Crippen molar-refractivity contribution in [1.82, 2.24) is 5.01 Å². The number of thiocarbonyl (C=S) groups is 1. The van der Waals surface area contributed by atoms with Crippen molar-refractivity contribution in [2.45, 2.75) is 24.7 Å². The fourth-order valence-electron chi connectivity index (χ4n) is 4.24. The second-order valence-corrected chi connectivity index (χ2v) is 9.68. The predicted molar refractivity (Wildman–Crippen MR) is 143 cm³/mol. The number of nitrogens with zero attached hydrogens (tertiary/aromatic N) is 3. The molecule has 0 N–H and O–H groups in total. The molecule has 3 amide bonds. The minimum Gasteiger partial charge on any atom is -0.452 e. The van der Waals surface area contributed by atoms with Crippen molar-refractivity contribution < 1.29 is 40.7 Å². The number of methoxy groups -OCH3 is 1. The highest BCUT2D eigenvalue weighted by molar-refractivity contribution is 7.80. The van der Waals surface area contributed by atoms with Crippen molar-refractivity contribution in [2.75, 3.05) is 12.0 Å². The lowest BCUT2D eigenvalue weighted by Crippen LogP contribution is -2.48. The van der Waals surface area contributed by atoms with Gasteiger partial charge in [-0.15, -0.1) is 0 Å². The highest BCUT2D eigenvalue weighted by Crippen LogP contribution is 2.41. The van der Waals surface area contributed by atoms with Crippen molar-refractivity contribution in [2.24, 2.45) is 5.10 Å². The summed E-state index contributed by atoms with van der Waals surface area (Å²) in [5, 5.41) is 4.37. The van der Waals surface area contributed by atoms with E-state index in [0.29, 0.717) is 27.6 Å². The van der Waals surface area contributed by atoms with Crippen LogP contribution in [-0.4, -0.2) is 34.9 Å². The maximum Gasteiger partial charge on any atom is 0.422 e. The summed E-state index contributed by atoms with van der Waals surface area (Å²) in [6, 6.07) is 13.3. The van der Waals surface area contributed by atoms with Gasteiger partial charge in [0.15, 0.2) is 0 Å². The second-order valence-electron chi connectivity index (χ2n) is 8.88. The summed E-state index contributed by atoms with van der Waals surface area (Å²) in [6.45, 7) is 1.59. The molecular weight excluding hydrogens is 596 g/mol. The Morgan fingerprint density at radius 3 is 2.07 bits per heavy atom. The molecular formula is C27H18ClF6N3O3S. The van der Waals surface area contributed by atoms with E-state index < -0.39 is 46.0 Å². The van der Waals surface area contributed by atoms with Crippen LogP contribution in [0.25, 0.3) is 0 Å². The molecule has 4 rings (SSSR count). The van der Waals surface area contributed by atoms with Crippen LogP contribution in [0.3, 0.4) is 0 Å². The summed E-state index contributed by atoms with van der Waals surface area (Å²) in [5.74, 6) is 0. The smallest absolute Gasteiger partial charge is 0.422 e. The van der Waals surface area contributed by atoms with Crippen molar-refractivity contribution in [3.63, 3.8) is 0 Å². The van der Waals surface area contributed by atoms with E-state index in [0.717, 1.165) is 37.4 Å². The number of hydrazone groups is 1. The molecule has 1 unspecified atom stereocenters. The number of rotatable bonds is 3. The number of amides is 3. The number of imide groups is 1. The molecule has 1 aliphatic heterocycles. The Morgan fingerprint density at radius 1 is 0.951 bits per heavy atom. The topological polar surface area (TPSA) is 62.2 Å². The lowest BCUT2D eigenvalue weighted by Gasteiger charge is -2.29. The van der Waals surface area contributed by atoms with Gasteiger partial charge in [0.05, 0.1) is 40.1 Å². The van der Waals surface area contributed by atoms with Gasteiger partial charge < -0.3 is 4.74 Å². The first-order valence-electron chi connectivity index (χ1n) is 11.6. The standard InChI is InChI=1S/C27H18ClF6N3O3S/c1-25(16-6-4-3-5-7-16)21(15-8-13-19(20(28)14-15)27(32,33)34)35-37(22(25)41)23(38)36(24(39)40-2)18-11-9-17(10-12-18)26(29,30)31/h3-14H,1-2H3. The Labute approximate surface area is 239 Å². The van der Waals surface area contributed by atoms with Crippen LogP contribution in [0.4, 0.5) is 41.6 Å². The molecule has 6 nitrogen and oxygen atoms in total. The number of urea groups is 1. The van der Waals surface area contributed by atoms with E-state index in [1.807, 2.05) is 0 Å². The highest BCUT2D eigenvalue weighted by atomic mass is 35.5. The average Bonchev–Trinajstić information content (AvgIpc) is 3.19. The van der Waals surface area contributed by atoms with E-state index in [2.05, 4.69) is 5.10 Å². The molecule has 1 atom stereocenters. The molecule has 0 radical (unpaired) electrons. The number of benzene rings is 3. The Bertz CT molecular complexity index is 1540. The maximum atomic E-state index is 13.7. The van der Waals surface area contributed by atoms with Gasteiger partial charge in [-0.1, -0.05) is 60.2 Å². The fourth-order valence-corrected chi connectivity index (χ4v) is 4.86. The first-order chi connectivity index (χ1) is 19.1. The number of halogens is 7. The van der Waals surface area contributed by atoms with Gasteiger partial charge in [-0.05, 0) is 48.9 Å².